The number of carbonyl (C=O) groups is 1. The van der Waals surface area contributed by atoms with Gasteiger partial charge in [-0.3, -0.25) is 9.67 Å². The van der Waals surface area contributed by atoms with Crippen molar-refractivity contribution in [3.8, 4) is 22.8 Å². The molecule has 0 aliphatic carbocycles. The molecule has 0 atom stereocenters. The Morgan fingerprint density at radius 1 is 1.02 bits per heavy atom. The average molecular weight is 557 g/mol. The Bertz CT molecular complexity index is 1520. The van der Waals surface area contributed by atoms with Gasteiger partial charge in [-0.25, -0.2) is 9.18 Å². The van der Waals surface area contributed by atoms with Gasteiger partial charge in [0.25, 0.3) is 0 Å². The molecular weight excluding hydrogens is 532 g/mol. The standard InChI is InChI=1S/C27H24F4N6O3/c1-36-16-17(15-33-36)24-13-22(4-5-32-24)40-21-2-3-23(28)25(14-21)35-26(38)34-19-10-18(27(29,30)31)11-20(12-19)37-6-8-39-9-7-37/h2-5,10-16H,6-9H2,1H3,(H2,34,35,38). The number of pyridine rings is 1. The van der Waals surface area contributed by atoms with Crippen LogP contribution in [-0.2, 0) is 18.0 Å². The third kappa shape index (κ3) is 6.49. The second kappa shape index (κ2) is 11.2. The molecule has 2 aromatic heterocycles. The number of amides is 2. The van der Waals surface area contributed by atoms with Crippen LogP contribution in [0.4, 0.5) is 39.4 Å². The van der Waals surface area contributed by atoms with Crippen LogP contribution in [0.3, 0.4) is 0 Å². The van der Waals surface area contributed by atoms with Crippen molar-refractivity contribution in [1.82, 2.24) is 14.8 Å². The Balaban J connectivity index is 1.31. The zero-order valence-electron chi connectivity index (χ0n) is 21.2. The molecule has 9 nitrogen and oxygen atoms in total. The van der Waals surface area contributed by atoms with E-state index in [9.17, 15) is 22.4 Å². The molecule has 208 valence electrons. The first-order valence-electron chi connectivity index (χ1n) is 12.2. The number of hydrogen-bond acceptors (Lipinski definition) is 6. The quantitative estimate of drug-likeness (QED) is 0.287. The van der Waals surface area contributed by atoms with Crippen LogP contribution < -0.4 is 20.3 Å². The summed E-state index contributed by atoms with van der Waals surface area (Å²) in [6, 6.07) is 9.40. The molecule has 0 spiro atoms. The molecule has 1 fully saturated rings. The van der Waals surface area contributed by atoms with E-state index in [2.05, 4.69) is 20.7 Å². The number of nitrogens with one attached hydrogen (secondary N) is 2. The Kier molecular flexibility index (Phi) is 7.56. The van der Waals surface area contributed by atoms with Gasteiger partial charge in [-0.05, 0) is 36.4 Å². The van der Waals surface area contributed by atoms with Crippen LogP contribution in [0.2, 0.25) is 0 Å². The maximum absolute atomic E-state index is 14.5. The smallest absolute Gasteiger partial charge is 0.416 e. The van der Waals surface area contributed by atoms with Crippen LogP contribution in [0.25, 0.3) is 11.3 Å². The normalized spacial score (nSPS) is 13.7. The number of halogens is 4. The largest absolute Gasteiger partial charge is 0.457 e. The van der Waals surface area contributed by atoms with Crippen LogP contribution in [0.15, 0.2) is 67.1 Å². The second-order valence-corrected chi connectivity index (χ2v) is 8.97. The molecule has 40 heavy (non-hydrogen) atoms. The van der Waals surface area contributed by atoms with E-state index in [0.29, 0.717) is 37.7 Å². The van der Waals surface area contributed by atoms with E-state index in [1.54, 1.807) is 47.4 Å². The van der Waals surface area contributed by atoms with Crippen molar-refractivity contribution in [2.24, 2.45) is 7.05 Å². The van der Waals surface area contributed by atoms with Crippen molar-refractivity contribution in [3.05, 3.63) is 78.5 Å². The molecule has 4 aromatic rings. The van der Waals surface area contributed by atoms with Crippen LogP contribution >= 0.6 is 0 Å². The summed E-state index contributed by atoms with van der Waals surface area (Å²) >= 11 is 0. The van der Waals surface area contributed by atoms with Crippen molar-refractivity contribution in [2.45, 2.75) is 6.18 Å². The molecule has 0 unspecified atom stereocenters. The number of aryl methyl sites for hydroxylation is 1. The van der Waals surface area contributed by atoms with Gasteiger partial charge in [0.05, 0.1) is 36.4 Å². The number of nitrogens with zero attached hydrogens (tertiary/aromatic N) is 4. The molecule has 1 aliphatic rings. The van der Waals surface area contributed by atoms with Gasteiger partial charge in [0.15, 0.2) is 0 Å². The molecule has 13 heteroatoms. The zero-order valence-corrected chi connectivity index (χ0v) is 21.2. The van der Waals surface area contributed by atoms with E-state index in [-0.39, 0.29) is 22.8 Å². The van der Waals surface area contributed by atoms with E-state index in [1.165, 1.54) is 18.2 Å². The summed E-state index contributed by atoms with van der Waals surface area (Å²) in [5, 5.41) is 8.83. The van der Waals surface area contributed by atoms with Crippen molar-refractivity contribution >= 4 is 23.1 Å². The van der Waals surface area contributed by atoms with Crippen LogP contribution in [0, 0.1) is 5.82 Å². The third-order valence-electron chi connectivity index (χ3n) is 6.03. The summed E-state index contributed by atoms with van der Waals surface area (Å²) in [6.07, 6.45) is 0.364. The molecule has 2 amide bonds. The number of hydrogen-bond donors (Lipinski definition) is 2. The fraction of sp³-hybridized carbons (Fsp3) is 0.222. The minimum absolute atomic E-state index is 0.0960. The lowest BCUT2D eigenvalue weighted by Crippen LogP contribution is -2.36. The highest BCUT2D eigenvalue weighted by Crippen LogP contribution is 2.35. The Hall–Kier alpha value is -4.65. The third-order valence-corrected chi connectivity index (χ3v) is 6.03. The van der Waals surface area contributed by atoms with Crippen LogP contribution in [0.5, 0.6) is 11.5 Å². The number of alkyl halides is 3. The lowest BCUT2D eigenvalue weighted by atomic mass is 10.1. The number of ether oxygens (including phenoxy) is 2. The first-order chi connectivity index (χ1) is 19.1. The predicted molar refractivity (Wildman–Crippen MR) is 140 cm³/mol. The monoisotopic (exact) mass is 556 g/mol. The molecule has 1 aliphatic heterocycles. The molecule has 2 aromatic carbocycles. The SMILES string of the molecule is Cn1cc(-c2cc(Oc3ccc(F)c(NC(=O)Nc4cc(N5CCOCC5)cc(C(F)(F)F)c4)c3)ccn2)cn1. The van der Waals surface area contributed by atoms with Gasteiger partial charge in [-0.2, -0.15) is 18.3 Å². The number of carbonyl (C=O) groups excluding carboxylic acids is 1. The number of urea groups is 1. The van der Waals surface area contributed by atoms with Gasteiger partial charge in [-0.1, -0.05) is 0 Å². The van der Waals surface area contributed by atoms with E-state index >= 15 is 0 Å². The fourth-order valence-electron chi connectivity index (χ4n) is 4.12. The molecule has 3 heterocycles. The van der Waals surface area contributed by atoms with Gasteiger partial charge < -0.3 is 25.0 Å². The Morgan fingerprint density at radius 2 is 1.80 bits per heavy atom. The summed E-state index contributed by atoms with van der Waals surface area (Å²) in [4.78, 5) is 18.7. The minimum Gasteiger partial charge on any atom is -0.457 e. The summed E-state index contributed by atoms with van der Waals surface area (Å²) in [6.45, 7) is 1.57. The highest BCUT2D eigenvalue weighted by Gasteiger charge is 2.32. The molecule has 5 rings (SSSR count). The van der Waals surface area contributed by atoms with E-state index in [1.807, 2.05) is 0 Å². The average Bonchev–Trinajstić information content (AvgIpc) is 3.37. The van der Waals surface area contributed by atoms with Crippen LogP contribution in [-0.4, -0.2) is 47.1 Å². The Morgan fingerprint density at radius 3 is 2.52 bits per heavy atom. The zero-order chi connectivity index (χ0) is 28.3. The molecular formula is C27H24F4N6O3. The lowest BCUT2D eigenvalue weighted by Gasteiger charge is -2.29. The van der Waals surface area contributed by atoms with Gasteiger partial charge in [0, 0.05) is 61.6 Å². The molecule has 0 radical (unpaired) electrons. The summed E-state index contributed by atoms with van der Waals surface area (Å²) in [5.41, 5.74) is 0.438. The number of rotatable bonds is 6. The lowest BCUT2D eigenvalue weighted by molar-refractivity contribution is -0.137. The second-order valence-electron chi connectivity index (χ2n) is 8.97. The summed E-state index contributed by atoms with van der Waals surface area (Å²) < 4.78 is 67.9. The van der Waals surface area contributed by atoms with E-state index in [4.69, 9.17) is 9.47 Å². The van der Waals surface area contributed by atoms with Crippen LogP contribution in [0.1, 0.15) is 5.56 Å². The molecule has 0 bridgehead atoms. The first-order valence-corrected chi connectivity index (χ1v) is 12.2. The van der Waals surface area contributed by atoms with E-state index in [0.717, 1.165) is 23.8 Å². The van der Waals surface area contributed by atoms with Gasteiger partial charge in [0.1, 0.15) is 17.3 Å². The number of morpholine rings is 1. The molecule has 2 N–H and O–H groups in total. The highest BCUT2D eigenvalue weighted by molar-refractivity contribution is 6.00. The van der Waals surface area contributed by atoms with Crippen molar-refractivity contribution in [2.75, 3.05) is 41.8 Å². The van der Waals surface area contributed by atoms with Gasteiger partial charge in [-0.15, -0.1) is 0 Å². The fourth-order valence-corrected chi connectivity index (χ4v) is 4.12. The van der Waals surface area contributed by atoms with E-state index < -0.39 is 23.6 Å². The molecule has 0 saturated carbocycles. The van der Waals surface area contributed by atoms with Crippen molar-refractivity contribution in [1.29, 1.82) is 0 Å². The maximum Gasteiger partial charge on any atom is 0.416 e. The van der Waals surface area contributed by atoms with Crippen molar-refractivity contribution in [3.63, 3.8) is 0 Å². The first kappa shape index (κ1) is 26.9. The summed E-state index contributed by atoms with van der Waals surface area (Å²) in [5.74, 6) is -0.129. The predicted octanol–water partition coefficient (Wildman–Crippen LogP) is 5.91. The topological polar surface area (TPSA) is 93.5 Å². The number of anilines is 3. The number of benzene rings is 2. The van der Waals surface area contributed by atoms with Gasteiger partial charge >= 0.3 is 12.2 Å². The van der Waals surface area contributed by atoms with Gasteiger partial charge in [0.2, 0.25) is 0 Å². The maximum atomic E-state index is 14.5. The van der Waals surface area contributed by atoms with Crippen molar-refractivity contribution < 1.29 is 31.8 Å². The highest BCUT2D eigenvalue weighted by atomic mass is 19.4. The minimum atomic E-state index is -4.63. The molecule has 1 saturated heterocycles. The summed E-state index contributed by atoms with van der Waals surface area (Å²) in [7, 11) is 1.78. The Labute approximate surface area is 226 Å². The number of aromatic nitrogens is 3.